The van der Waals surface area contributed by atoms with Gasteiger partial charge in [-0.2, -0.15) is 5.26 Å². The Kier molecular flexibility index (Phi) is 5.11. The third kappa shape index (κ3) is 4.19. The zero-order valence-electron chi connectivity index (χ0n) is 12.0. The van der Waals surface area contributed by atoms with Gasteiger partial charge in [-0.15, -0.1) is 0 Å². The summed E-state index contributed by atoms with van der Waals surface area (Å²) in [6, 6.07) is 21.2. The van der Waals surface area contributed by atoms with Crippen LogP contribution in [0.25, 0.3) is 0 Å². The molecule has 2 unspecified atom stereocenters. The summed E-state index contributed by atoms with van der Waals surface area (Å²) in [5, 5.41) is 12.2. The topological polar surface area (TPSA) is 52.9 Å². The zero-order chi connectivity index (χ0) is 15.1. The van der Waals surface area contributed by atoms with E-state index in [1.165, 1.54) is 5.56 Å². The average Bonchev–Trinajstić information content (AvgIpc) is 2.50. The van der Waals surface area contributed by atoms with Gasteiger partial charge in [-0.25, -0.2) is 0 Å². The monoisotopic (exact) mass is 278 g/mol. The Labute approximate surface area is 125 Å². The summed E-state index contributed by atoms with van der Waals surface area (Å²) in [5.74, 6) is -1.00. The predicted octanol–water partition coefficient (Wildman–Crippen LogP) is 3.04. The van der Waals surface area contributed by atoms with E-state index in [0.717, 1.165) is 12.0 Å². The number of nitriles is 1. The lowest BCUT2D eigenvalue weighted by Crippen LogP contribution is -2.37. The molecular weight excluding hydrogens is 260 g/mol. The largest absolute Gasteiger partial charge is 0.352 e. The number of benzene rings is 2. The normalized spacial score (nSPS) is 13.0. The Bertz CT molecular complexity index is 617. The second-order valence-corrected chi connectivity index (χ2v) is 5.07. The second-order valence-electron chi connectivity index (χ2n) is 5.07. The number of nitrogens with zero attached hydrogens (tertiary/aromatic N) is 1. The van der Waals surface area contributed by atoms with Gasteiger partial charge in [0.05, 0.1) is 6.07 Å². The quantitative estimate of drug-likeness (QED) is 0.914. The van der Waals surface area contributed by atoms with Crippen LogP contribution in [0.3, 0.4) is 0 Å². The van der Waals surface area contributed by atoms with Gasteiger partial charge < -0.3 is 5.32 Å². The molecule has 0 aliphatic rings. The third-order valence-electron chi connectivity index (χ3n) is 3.30. The molecular formula is C18H18N2O. The first-order chi connectivity index (χ1) is 10.2. The highest BCUT2D eigenvalue weighted by atomic mass is 16.1. The zero-order valence-corrected chi connectivity index (χ0v) is 12.0. The Morgan fingerprint density at radius 2 is 1.67 bits per heavy atom. The van der Waals surface area contributed by atoms with Gasteiger partial charge in [-0.05, 0) is 24.5 Å². The Balaban J connectivity index is 1.98. The van der Waals surface area contributed by atoms with Crippen LogP contribution in [-0.4, -0.2) is 11.9 Å². The van der Waals surface area contributed by atoms with Gasteiger partial charge in [0.1, 0.15) is 5.92 Å². The fourth-order valence-corrected chi connectivity index (χ4v) is 2.27. The van der Waals surface area contributed by atoms with Crippen molar-refractivity contribution in [2.75, 3.05) is 0 Å². The van der Waals surface area contributed by atoms with Gasteiger partial charge in [-0.3, -0.25) is 4.79 Å². The van der Waals surface area contributed by atoms with Crippen molar-refractivity contribution in [2.45, 2.75) is 25.3 Å². The minimum absolute atomic E-state index is 0.0144. The van der Waals surface area contributed by atoms with Crippen LogP contribution in [0.5, 0.6) is 0 Å². The van der Waals surface area contributed by atoms with Crippen molar-refractivity contribution in [2.24, 2.45) is 0 Å². The molecule has 2 atom stereocenters. The molecule has 1 N–H and O–H groups in total. The van der Waals surface area contributed by atoms with E-state index >= 15 is 0 Å². The van der Waals surface area contributed by atoms with Crippen LogP contribution in [0.4, 0.5) is 0 Å². The molecule has 0 heterocycles. The Morgan fingerprint density at radius 3 is 2.24 bits per heavy atom. The van der Waals surface area contributed by atoms with Crippen LogP contribution < -0.4 is 5.32 Å². The smallest absolute Gasteiger partial charge is 0.242 e. The number of hydrogen-bond donors (Lipinski definition) is 1. The van der Waals surface area contributed by atoms with Crippen LogP contribution in [-0.2, 0) is 11.2 Å². The van der Waals surface area contributed by atoms with E-state index in [4.69, 9.17) is 0 Å². The molecule has 0 aliphatic carbocycles. The molecule has 106 valence electrons. The molecule has 2 aromatic rings. The van der Waals surface area contributed by atoms with Gasteiger partial charge in [0.15, 0.2) is 0 Å². The molecule has 0 aliphatic heterocycles. The molecule has 3 nitrogen and oxygen atoms in total. The summed E-state index contributed by atoms with van der Waals surface area (Å²) in [4.78, 5) is 12.2. The van der Waals surface area contributed by atoms with E-state index in [1.54, 1.807) is 12.1 Å². The lowest BCUT2D eigenvalue weighted by molar-refractivity contribution is -0.122. The summed E-state index contributed by atoms with van der Waals surface area (Å²) in [6.45, 7) is 1.95. The minimum Gasteiger partial charge on any atom is -0.352 e. The van der Waals surface area contributed by atoms with Gasteiger partial charge in [0, 0.05) is 6.04 Å². The number of nitrogens with one attached hydrogen (secondary N) is 1. The number of rotatable bonds is 5. The standard InChI is InChI=1S/C18H18N2O/c1-14(12-15-8-4-2-5-9-15)20-18(21)17(13-19)16-10-6-3-7-11-16/h2-11,14,17H,12H2,1H3,(H,20,21). The number of hydrogen-bond acceptors (Lipinski definition) is 2. The van der Waals surface area contributed by atoms with Crippen LogP contribution in [0.2, 0.25) is 0 Å². The fourth-order valence-electron chi connectivity index (χ4n) is 2.27. The minimum atomic E-state index is -0.760. The molecule has 2 rings (SSSR count). The van der Waals surface area contributed by atoms with Crippen molar-refractivity contribution in [3.63, 3.8) is 0 Å². The highest BCUT2D eigenvalue weighted by Crippen LogP contribution is 2.15. The van der Waals surface area contributed by atoms with Gasteiger partial charge in [-0.1, -0.05) is 60.7 Å². The molecule has 0 bridgehead atoms. The van der Waals surface area contributed by atoms with E-state index in [0.29, 0.717) is 0 Å². The Hall–Kier alpha value is -2.60. The predicted molar refractivity (Wildman–Crippen MR) is 82.5 cm³/mol. The molecule has 0 aromatic heterocycles. The first-order valence-electron chi connectivity index (χ1n) is 6.99. The van der Waals surface area contributed by atoms with Crippen LogP contribution in [0.1, 0.15) is 24.0 Å². The summed E-state index contributed by atoms with van der Waals surface area (Å²) in [7, 11) is 0. The van der Waals surface area contributed by atoms with Crippen molar-refractivity contribution in [3.05, 3.63) is 71.8 Å². The van der Waals surface area contributed by atoms with Crippen LogP contribution >= 0.6 is 0 Å². The summed E-state index contributed by atoms with van der Waals surface area (Å²) < 4.78 is 0. The SMILES string of the molecule is CC(Cc1ccccc1)NC(=O)C(C#N)c1ccccc1. The van der Waals surface area contributed by atoms with Crippen molar-refractivity contribution in [1.82, 2.24) is 5.32 Å². The summed E-state index contributed by atoms with van der Waals surface area (Å²) in [5.41, 5.74) is 1.89. The highest BCUT2D eigenvalue weighted by Gasteiger charge is 2.21. The fraction of sp³-hybridized carbons (Fsp3) is 0.222. The van der Waals surface area contributed by atoms with Gasteiger partial charge in [0.25, 0.3) is 0 Å². The third-order valence-corrected chi connectivity index (χ3v) is 3.30. The molecule has 0 radical (unpaired) electrons. The van der Waals surface area contributed by atoms with E-state index in [9.17, 15) is 10.1 Å². The summed E-state index contributed by atoms with van der Waals surface area (Å²) in [6.07, 6.45) is 0.750. The van der Waals surface area contributed by atoms with E-state index in [-0.39, 0.29) is 11.9 Å². The van der Waals surface area contributed by atoms with Crippen molar-refractivity contribution in [3.8, 4) is 6.07 Å². The Morgan fingerprint density at radius 1 is 1.10 bits per heavy atom. The maximum Gasteiger partial charge on any atom is 0.242 e. The van der Waals surface area contributed by atoms with Crippen LogP contribution in [0.15, 0.2) is 60.7 Å². The summed E-state index contributed by atoms with van der Waals surface area (Å²) >= 11 is 0. The first-order valence-corrected chi connectivity index (χ1v) is 6.99. The van der Waals surface area contributed by atoms with E-state index < -0.39 is 5.92 Å². The first kappa shape index (κ1) is 14.8. The van der Waals surface area contributed by atoms with Crippen molar-refractivity contribution < 1.29 is 4.79 Å². The average molecular weight is 278 g/mol. The molecule has 0 spiro atoms. The van der Waals surface area contributed by atoms with Crippen LogP contribution in [0, 0.1) is 11.3 Å². The lowest BCUT2D eigenvalue weighted by atomic mass is 9.99. The number of carbonyl (C=O) groups is 1. The molecule has 0 fully saturated rings. The maximum atomic E-state index is 12.2. The van der Waals surface area contributed by atoms with Gasteiger partial charge >= 0.3 is 0 Å². The molecule has 2 aromatic carbocycles. The molecule has 3 heteroatoms. The van der Waals surface area contributed by atoms with E-state index in [2.05, 4.69) is 11.4 Å². The van der Waals surface area contributed by atoms with E-state index in [1.807, 2.05) is 55.5 Å². The molecule has 0 saturated heterocycles. The maximum absolute atomic E-state index is 12.2. The molecule has 1 amide bonds. The number of carbonyl (C=O) groups excluding carboxylic acids is 1. The lowest BCUT2D eigenvalue weighted by Gasteiger charge is -2.16. The highest BCUT2D eigenvalue weighted by molar-refractivity contribution is 5.86. The molecule has 21 heavy (non-hydrogen) atoms. The van der Waals surface area contributed by atoms with Crippen molar-refractivity contribution in [1.29, 1.82) is 5.26 Å². The second kappa shape index (κ2) is 7.25. The number of amides is 1. The molecule has 0 saturated carbocycles. The van der Waals surface area contributed by atoms with Gasteiger partial charge in [0.2, 0.25) is 5.91 Å². The van der Waals surface area contributed by atoms with Crippen molar-refractivity contribution >= 4 is 5.91 Å².